The second-order valence-corrected chi connectivity index (χ2v) is 8.37. The Morgan fingerprint density at radius 3 is 2.06 bits per heavy atom. The van der Waals surface area contributed by atoms with Crippen LogP contribution in [0.15, 0.2) is 24.3 Å². The van der Waals surface area contributed by atoms with Gasteiger partial charge in [-0.3, -0.25) is 4.79 Å². The van der Waals surface area contributed by atoms with Gasteiger partial charge < -0.3 is 30.3 Å². The molecule has 5 N–H and O–H groups in total. The molecule has 7 nitrogen and oxygen atoms in total. The van der Waals surface area contributed by atoms with Crippen molar-refractivity contribution in [3.63, 3.8) is 0 Å². The van der Waals surface area contributed by atoms with Crippen LogP contribution in [0.25, 0.3) is 0 Å². The number of Topliss-reactive ketones (excluding diaryl/α,β-unsaturated/α-hetero) is 1. The zero-order chi connectivity index (χ0) is 23.1. The summed E-state index contributed by atoms with van der Waals surface area (Å²) in [7, 11) is 0. The van der Waals surface area contributed by atoms with E-state index in [1.165, 1.54) is 19.3 Å². The van der Waals surface area contributed by atoms with Gasteiger partial charge in [-0.1, -0.05) is 63.3 Å². The van der Waals surface area contributed by atoms with E-state index in [1.807, 2.05) is 0 Å². The Morgan fingerprint density at radius 1 is 0.871 bits per heavy atom. The van der Waals surface area contributed by atoms with Crippen LogP contribution in [0, 0.1) is 0 Å². The van der Waals surface area contributed by atoms with Crippen molar-refractivity contribution in [1.29, 1.82) is 0 Å². The number of rotatable bonds is 16. The number of aliphatic hydroxyl groups excluding tert-OH is 4. The molecule has 0 amide bonds. The van der Waals surface area contributed by atoms with E-state index in [9.17, 15) is 30.3 Å². The fraction of sp³-hybridized carbons (Fsp3) is 0.792. The first-order valence-corrected chi connectivity index (χ1v) is 11.8. The van der Waals surface area contributed by atoms with E-state index in [4.69, 9.17) is 4.74 Å². The summed E-state index contributed by atoms with van der Waals surface area (Å²) in [4.78, 5) is 12.4. The highest BCUT2D eigenvalue weighted by Gasteiger charge is 2.58. The van der Waals surface area contributed by atoms with Crippen molar-refractivity contribution in [3.05, 3.63) is 24.3 Å². The molecular formula is C24H42O7. The van der Waals surface area contributed by atoms with Crippen molar-refractivity contribution in [2.45, 2.75) is 114 Å². The molecule has 0 aromatic rings. The molecule has 1 heterocycles. The largest absolute Gasteiger partial charge is 0.394 e. The molecule has 31 heavy (non-hydrogen) atoms. The molecule has 0 spiro atoms. The minimum Gasteiger partial charge on any atom is -0.394 e. The Labute approximate surface area is 186 Å². The van der Waals surface area contributed by atoms with Crippen LogP contribution in [-0.4, -0.2) is 68.1 Å². The first-order chi connectivity index (χ1) is 14.9. The first-order valence-electron chi connectivity index (χ1n) is 11.8. The van der Waals surface area contributed by atoms with E-state index >= 15 is 0 Å². The van der Waals surface area contributed by atoms with Gasteiger partial charge in [-0.25, -0.2) is 0 Å². The lowest BCUT2D eigenvalue weighted by Crippen LogP contribution is -2.70. The summed E-state index contributed by atoms with van der Waals surface area (Å²) < 4.78 is 4.82. The second kappa shape index (κ2) is 15.7. The fourth-order valence-corrected chi connectivity index (χ4v) is 3.77. The van der Waals surface area contributed by atoms with Crippen LogP contribution in [0.2, 0.25) is 0 Å². The van der Waals surface area contributed by atoms with Crippen molar-refractivity contribution >= 4 is 5.78 Å². The van der Waals surface area contributed by atoms with Crippen LogP contribution in [0.3, 0.4) is 0 Å². The Kier molecular flexibility index (Phi) is 14.1. The van der Waals surface area contributed by atoms with Crippen LogP contribution in [0.4, 0.5) is 0 Å². The van der Waals surface area contributed by atoms with Crippen molar-refractivity contribution < 1.29 is 35.1 Å². The predicted octanol–water partition coefficient (Wildman–Crippen LogP) is 2.53. The number of ketones is 1. The topological polar surface area (TPSA) is 127 Å². The van der Waals surface area contributed by atoms with Gasteiger partial charge in [-0.05, 0) is 38.5 Å². The molecule has 0 bridgehead atoms. The van der Waals surface area contributed by atoms with E-state index in [-0.39, 0.29) is 6.42 Å². The fourth-order valence-electron chi connectivity index (χ4n) is 3.77. The number of carbonyl (C=O) groups is 1. The summed E-state index contributed by atoms with van der Waals surface area (Å²) in [6.45, 7) is 1.52. The zero-order valence-electron chi connectivity index (χ0n) is 18.9. The molecule has 0 aliphatic carbocycles. The van der Waals surface area contributed by atoms with Crippen molar-refractivity contribution in [2.24, 2.45) is 0 Å². The lowest BCUT2D eigenvalue weighted by Gasteiger charge is -2.45. The van der Waals surface area contributed by atoms with E-state index in [2.05, 4.69) is 31.2 Å². The number of unbranched alkanes of at least 4 members (excludes halogenated alkanes) is 8. The molecule has 7 heteroatoms. The standard InChI is InChI=1S/C24H42O7/c1-2-3-4-5-6-7-8-9-10-11-12-13-14-15-16-17-20(26)24(30)21(27)19(18-25)31-23(29)22(24)28/h6-7,9-10,19,21-23,25,27-30H,2-5,8,11-18H2,1H3/t19-,21-,22+,23+,24+/m1/s1. The van der Waals surface area contributed by atoms with E-state index in [1.54, 1.807) is 0 Å². The zero-order valence-corrected chi connectivity index (χ0v) is 18.9. The summed E-state index contributed by atoms with van der Waals surface area (Å²) in [6, 6.07) is 0. The summed E-state index contributed by atoms with van der Waals surface area (Å²) in [6.07, 6.45) is 13.2. The maximum Gasteiger partial charge on any atom is 0.184 e. The van der Waals surface area contributed by atoms with Crippen molar-refractivity contribution in [3.8, 4) is 0 Å². The average molecular weight is 443 g/mol. The third-order valence-electron chi connectivity index (χ3n) is 5.82. The van der Waals surface area contributed by atoms with Gasteiger partial charge in [0.1, 0.15) is 18.3 Å². The van der Waals surface area contributed by atoms with Gasteiger partial charge in [-0.2, -0.15) is 0 Å². The van der Waals surface area contributed by atoms with Crippen LogP contribution in [0.1, 0.15) is 84.0 Å². The molecule has 0 aromatic heterocycles. The van der Waals surface area contributed by atoms with Gasteiger partial charge in [0.25, 0.3) is 0 Å². The third-order valence-corrected chi connectivity index (χ3v) is 5.82. The smallest absolute Gasteiger partial charge is 0.184 e. The molecule has 0 aromatic carbocycles. The number of hydrogen-bond donors (Lipinski definition) is 5. The predicted molar refractivity (Wildman–Crippen MR) is 119 cm³/mol. The highest BCUT2D eigenvalue weighted by Crippen LogP contribution is 2.31. The summed E-state index contributed by atoms with van der Waals surface area (Å²) >= 11 is 0. The van der Waals surface area contributed by atoms with Gasteiger partial charge in [0.15, 0.2) is 17.7 Å². The molecule has 5 atom stereocenters. The molecule has 1 aliphatic heterocycles. The summed E-state index contributed by atoms with van der Waals surface area (Å²) in [5.74, 6) is -0.751. The number of hydrogen-bond acceptors (Lipinski definition) is 7. The minimum absolute atomic E-state index is 0.0278. The minimum atomic E-state index is -2.54. The quantitative estimate of drug-likeness (QED) is 0.184. The number of aliphatic hydroxyl groups is 5. The molecule has 1 saturated heterocycles. The van der Waals surface area contributed by atoms with Crippen molar-refractivity contribution in [1.82, 2.24) is 0 Å². The van der Waals surface area contributed by atoms with Crippen LogP contribution >= 0.6 is 0 Å². The second-order valence-electron chi connectivity index (χ2n) is 8.37. The van der Waals surface area contributed by atoms with Crippen LogP contribution in [-0.2, 0) is 9.53 Å². The third kappa shape index (κ3) is 9.12. The van der Waals surface area contributed by atoms with E-state index in [0.717, 1.165) is 44.9 Å². The highest BCUT2D eigenvalue weighted by molar-refractivity contribution is 5.88. The normalized spacial score (nSPS) is 29.2. The summed E-state index contributed by atoms with van der Waals surface area (Å²) in [5, 5.41) is 49.5. The van der Waals surface area contributed by atoms with Gasteiger partial charge in [0.05, 0.1) is 6.61 Å². The average Bonchev–Trinajstić information content (AvgIpc) is 2.77. The van der Waals surface area contributed by atoms with Gasteiger partial charge in [0, 0.05) is 6.42 Å². The summed E-state index contributed by atoms with van der Waals surface area (Å²) in [5.41, 5.74) is -2.54. The molecule has 1 rings (SSSR count). The molecular weight excluding hydrogens is 400 g/mol. The SMILES string of the molecule is CCCCCC=CCC=CCCCCCCCC(=O)[C@]1(O)[C@H](O)[C@@H](CO)O[C@H](O)[C@@H]1O. The number of carbonyl (C=O) groups excluding carboxylic acids is 1. The number of allylic oxidation sites excluding steroid dienone is 4. The molecule has 0 radical (unpaired) electrons. The van der Waals surface area contributed by atoms with Gasteiger partial charge in [-0.15, -0.1) is 0 Å². The first kappa shape index (κ1) is 27.9. The Hall–Kier alpha value is -1.09. The Balaban J connectivity index is 2.17. The lowest BCUT2D eigenvalue weighted by atomic mass is 9.79. The van der Waals surface area contributed by atoms with Crippen LogP contribution < -0.4 is 0 Å². The Morgan fingerprint density at radius 2 is 1.45 bits per heavy atom. The van der Waals surface area contributed by atoms with Crippen LogP contribution in [0.5, 0.6) is 0 Å². The van der Waals surface area contributed by atoms with E-state index < -0.39 is 42.6 Å². The van der Waals surface area contributed by atoms with Crippen molar-refractivity contribution in [2.75, 3.05) is 6.61 Å². The monoisotopic (exact) mass is 442 g/mol. The molecule has 180 valence electrons. The molecule has 0 unspecified atom stereocenters. The lowest BCUT2D eigenvalue weighted by molar-refractivity contribution is -0.311. The maximum atomic E-state index is 12.4. The number of ether oxygens (including phenoxy) is 1. The van der Waals surface area contributed by atoms with Gasteiger partial charge in [0.2, 0.25) is 0 Å². The Bertz CT molecular complexity index is 548. The molecule has 1 aliphatic rings. The van der Waals surface area contributed by atoms with E-state index in [0.29, 0.717) is 6.42 Å². The molecule has 0 saturated carbocycles. The van der Waals surface area contributed by atoms with Gasteiger partial charge >= 0.3 is 0 Å². The maximum absolute atomic E-state index is 12.4. The highest BCUT2D eigenvalue weighted by atomic mass is 16.6. The molecule has 1 fully saturated rings.